The number of amides is 1. The van der Waals surface area contributed by atoms with Crippen LogP contribution in [0.5, 0.6) is 0 Å². The topological polar surface area (TPSA) is 81.4 Å². The summed E-state index contributed by atoms with van der Waals surface area (Å²) in [7, 11) is 1.38. The zero-order chi connectivity index (χ0) is 15.7. The summed E-state index contributed by atoms with van der Waals surface area (Å²) < 4.78 is 4.70. The first-order valence-corrected chi connectivity index (χ1v) is 7.41. The maximum Gasteiger partial charge on any atom is 0.305 e. The molecule has 0 aromatic carbocycles. The van der Waals surface area contributed by atoms with Gasteiger partial charge in [-0.2, -0.15) is 0 Å². The number of carbonyl (C=O) groups is 2. The van der Waals surface area contributed by atoms with Crippen LogP contribution in [0.3, 0.4) is 0 Å². The Hall–Kier alpha value is -1.10. The van der Waals surface area contributed by atoms with E-state index in [1.165, 1.54) is 7.11 Å². The zero-order valence-corrected chi connectivity index (χ0v) is 13.4. The molecule has 3 N–H and O–H groups in total. The van der Waals surface area contributed by atoms with Crippen molar-refractivity contribution in [1.29, 1.82) is 0 Å². The van der Waals surface area contributed by atoms with Crippen molar-refractivity contribution in [2.24, 2.45) is 23.5 Å². The molecular weight excluding hydrogens is 256 g/mol. The highest BCUT2D eigenvalue weighted by molar-refractivity contribution is 5.81. The van der Waals surface area contributed by atoms with Gasteiger partial charge in [-0.25, -0.2) is 0 Å². The van der Waals surface area contributed by atoms with Crippen LogP contribution >= 0.6 is 0 Å². The minimum absolute atomic E-state index is 0.0931. The van der Waals surface area contributed by atoms with Crippen molar-refractivity contribution in [3.05, 3.63) is 0 Å². The Balaban J connectivity index is 4.37. The summed E-state index contributed by atoms with van der Waals surface area (Å²) in [6, 6.07) is -0.488. The van der Waals surface area contributed by atoms with E-state index in [0.29, 0.717) is 18.9 Å². The summed E-state index contributed by atoms with van der Waals surface area (Å²) in [6.07, 6.45) is 2.06. The number of rotatable bonds is 9. The molecule has 0 aromatic rings. The third kappa shape index (κ3) is 7.48. The standard InChI is InChI=1S/C15H30N2O3/c1-6-11(4)14(16)15(19)17-9-12(7-10(2)3)8-13(18)20-5/h10-12,14H,6-9,16H2,1-5H3,(H,17,19)/t11?,12-,14?/m0/s1. The summed E-state index contributed by atoms with van der Waals surface area (Å²) in [5, 5.41) is 2.86. The highest BCUT2D eigenvalue weighted by Crippen LogP contribution is 2.15. The van der Waals surface area contributed by atoms with Crippen LogP contribution < -0.4 is 11.1 Å². The molecule has 3 atom stereocenters. The van der Waals surface area contributed by atoms with Gasteiger partial charge < -0.3 is 15.8 Å². The predicted molar refractivity (Wildman–Crippen MR) is 80.0 cm³/mol. The van der Waals surface area contributed by atoms with Gasteiger partial charge in [-0.3, -0.25) is 9.59 Å². The average Bonchev–Trinajstić information content (AvgIpc) is 2.41. The average molecular weight is 286 g/mol. The Morgan fingerprint density at radius 1 is 1.25 bits per heavy atom. The third-order valence-electron chi connectivity index (χ3n) is 3.61. The molecule has 118 valence electrons. The molecule has 0 saturated heterocycles. The smallest absolute Gasteiger partial charge is 0.305 e. The molecule has 2 unspecified atom stereocenters. The second-order valence-corrected chi connectivity index (χ2v) is 5.93. The van der Waals surface area contributed by atoms with Crippen molar-refractivity contribution >= 4 is 11.9 Å². The fraction of sp³-hybridized carbons (Fsp3) is 0.867. The van der Waals surface area contributed by atoms with Crippen LogP contribution in [-0.2, 0) is 14.3 Å². The monoisotopic (exact) mass is 286 g/mol. The number of esters is 1. The van der Waals surface area contributed by atoms with E-state index in [4.69, 9.17) is 10.5 Å². The molecule has 0 aliphatic rings. The van der Waals surface area contributed by atoms with Gasteiger partial charge in [0.2, 0.25) is 5.91 Å². The number of nitrogens with one attached hydrogen (secondary N) is 1. The summed E-state index contributed by atoms with van der Waals surface area (Å²) in [5.74, 6) is 0.327. The van der Waals surface area contributed by atoms with E-state index in [2.05, 4.69) is 19.2 Å². The summed E-state index contributed by atoms with van der Waals surface area (Å²) in [4.78, 5) is 23.3. The van der Waals surface area contributed by atoms with Crippen LogP contribution in [0.1, 0.15) is 47.0 Å². The largest absolute Gasteiger partial charge is 0.469 e. The van der Waals surface area contributed by atoms with Crippen LogP contribution in [0.25, 0.3) is 0 Å². The van der Waals surface area contributed by atoms with Crippen molar-refractivity contribution in [1.82, 2.24) is 5.32 Å². The number of ether oxygens (including phenoxy) is 1. The Bertz CT molecular complexity index is 305. The molecular formula is C15H30N2O3. The molecule has 0 spiro atoms. The van der Waals surface area contributed by atoms with E-state index in [-0.39, 0.29) is 23.7 Å². The van der Waals surface area contributed by atoms with E-state index in [1.54, 1.807) is 0 Å². The van der Waals surface area contributed by atoms with Gasteiger partial charge >= 0.3 is 5.97 Å². The summed E-state index contributed by atoms with van der Waals surface area (Å²) in [6.45, 7) is 8.63. The molecule has 20 heavy (non-hydrogen) atoms. The van der Waals surface area contributed by atoms with E-state index in [0.717, 1.165) is 12.8 Å². The summed E-state index contributed by atoms with van der Waals surface area (Å²) in [5.41, 5.74) is 5.88. The maximum atomic E-state index is 11.9. The molecule has 0 aliphatic carbocycles. The first-order valence-electron chi connectivity index (χ1n) is 7.41. The Labute approximate surface area is 122 Å². The normalized spacial score (nSPS) is 15.6. The van der Waals surface area contributed by atoms with Gasteiger partial charge in [0.05, 0.1) is 13.2 Å². The lowest BCUT2D eigenvalue weighted by Crippen LogP contribution is -2.46. The molecule has 5 nitrogen and oxygen atoms in total. The first-order chi connectivity index (χ1) is 9.31. The minimum Gasteiger partial charge on any atom is -0.469 e. The molecule has 0 heterocycles. The van der Waals surface area contributed by atoms with Gasteiger partial charge in [0.15, 0.2) is 0 Å². The van der Waals surface area contributed by atoms with Crippen molar-refractivity contribution in [3.8, 4) is 0 Å². The predicted octanol–water partition coefficient (Wildman–Crippen LogP) is 1.70. The second-order valence-electron chi connectivity index (χ2n) is 5.93. The number of methoxy groups -OCH3 is 1. The molecule has 0 saturated carbocycles. The lowest BCUT2D eigenvalue weighted by atomic mass is 9.93. The molecule has 0 radical (unpaired) electrons. The van der Waals surface area contributed by atoms with Crippen molar-refractivity contribution < 1.29 is 14.3 Å². The molecule has 0 fully saturated rings. The fourth-order valence-corrected chi connectivity index (χ4v) is 2.10. The van der Waals surface area contributed by atoms with Gasteiger partial charge in [-0.1, -0.05) is 34.1 Å². The minimum atomic E-state index is -0.488. The highest BCUT2D eigenvalue weighted by atomic mass is 16.5. The van der Waals surface area contributed by atoms with E-state index in [1.807, 2.05) is 13.8 Å². The zero-order valence-electron chi connectivity index (χ0n) is 13.4. The van der Waals surface area contributed by atoms with Gasteiger partial charge in [0.25, 0.3) is 0 Å². The highest BCUT2D eigenvalue weighted by Gasteiger charge is 2.21. The maximum absolute atomic E-state index is 11.9. The molecule has 1 amide bonds. The van der Waals surface area contributed by atoms with E-state index >= 15 is 0 Å². The molecule has 5 heteroatoms. The number of carbonyl (C=O) groups excluding carboxylic acids is 2. The van der Waals surface area contributed by atoms with Crippen LogP contribution in [0.15, 0.2) is 0 Å². The van der Waals surface area contributed by atoms with Crippen molar-refractivity contribution in [2.45, 2.75) is 53.0 Å². The lowest BCUT2D eigenvalue weighted by molar-refractivity contribution is -0.142. The van der Waals surface area contributed by atoms with Gasteiger partial charge in [0, 0.05) is 13.0 Å². The fourth-order valence-electron chi connectivity index (χ4n) is 2.10. The quantitative estimate of drug-likeness (QED) is 0.632. The SMILES string of the molecule is CCC(C)C(N)C(=O)NC[C@H](CC(=O)OC)CC(C)C. The second kappa shape index (κ2) is 9.75. The lowest BCUT2D eigenvalue weighted by Gasteiger charge is -2.22. The van der Waals surface area contributed by atoms with Gasteiger partial charge in [-0.15, -0.1) is 0 Å². The summed E-state index contributed by atoms with van der Waals surface area (Å²) >= 11 is 0. The van der Waals surface area contributed by atoms with E-state index < -0.39 is 6.04 Å². The Morgan fingerprint density at radius 3 is 2.30 bits per heavy atom. The third-order valence-corrected chi connectivity index (χ3v) is 3.61. The van der Waals surface area contributed by atoms with E-state index in [9.17, 15) is 9.59 Å². The Morgan fingerprint density at radius 2 is 1.85 bits per heavy atom. The van der Waals surface area contributed by atoms with Crippen molar-refractivity contribution in [3.63, 3.8) is 0 Å². The van der Waals surface area contributed by atoms with Gasteiger partial charge in [0.1, 0.15) is 0 Å². The number of hydrogen-bond donors (Lipinski definition) is 2. The van der Waals surface area contributed by atoms with Crippen LogP contribution in [0, 0.1) is 17.8 Å². The number of nitrogens with two attached hydrogens (primary N) is 1. The van der Waals surface area contributed by atoms with Crippen molar-refractivity contribution in [2.75, 3.05) is 13.7 Å². The van der Waals surface area contributed by atoms with Crippen LogP contribution in [0.4, 0.5) is 0 Å². The Kier molecular flexibility index (Phi) is 9.21. The van der Waals surface area contributed by atoms with Crippen LogP contribution in [-0.4, -0.2) is 31.6 Å². The first kappa shape index (κ1) is 18.9. The van der Waals surface area contributed by atoms with Gasteiger partial charge in [-0.05, 0) is 24.2 Å². The number of hydrogen-bond acceptors (Lipinski definition) is 4. The molecule has 0 bridgehead atoms. The molecule has 0 rings (SSSR count). The molecule has 0 aromatic heterocycles. The van der Waals surface area contributed by atoms with Crippen LogP contribution in [0.2, 0.25) is 0 Å². The molecule has 0 aliphatic heterocycles.